The number of methoxy groups -OCH3 is 1. The summed E-state index contributed by atoms with van der Waals surface area (Å²) >= 11 is 5.25. The average Bonchev–Trinajstić information content (AvgIpc) is 2.68. The molecule has 0 N–H and O–H groups in total. The highest BCUT2D eigenvalue weighted by molar-refractivity contribution is 9.10. The van der Waals surface area contributed by atoms with Crippen LogP contribution in [0.5, 0.6) is 0 Å². The number of nitrogens with zero attached hydrogens (tertiary/aromatic N) is 2. The molecule has 0 fully saturated rings. The Bertz CT molecular complexity index is 348. The molecule has 1 heterocycles. The molecule has 1 rings (SSSR count). The van der Waals surface area contributed by atoms with Crippen molar-refractivity contribution in [2.45, 2.75) is 13.0 Å². The van der Waals surface area contributed by atoms with Crippen LogP contribution in [-0.4, -0.2) is 31.7 Å². The van der Waals surface area contributed by atoms with Gasteiger partial charge in [-0.2, -0.15) is 5.26 Å². The van der Waals surface area contributed by atoms with E-state index in [1.165, 1.54) is 4.88 Å². The minimum Gasteiger partial charge on any atom is -0.383 e. The topological polar surface area (TPSA) is 36.3 Å². The van der Waals surface area contributed by atoms with Crippen LogP contribution in [0, 0.1) is 11.3 Å². The Hall–Kier alpha value is -0.410. The Morgan fingerprint density at radius 3 is 2.94 bits per heavy atom. The lowest BCUT2D eigenvalue weighted by atomic mass is 10.3. The quantitative estimate of drug-likeness (QED) is 0.777. The van der Waals surface area contributed by atoms with Crippen LogP contribution in [0.4, 0.5) is 0 Å². The molecule has 88 valence electrons. The summed E-state index contributed by atoms with van der Waals surface area (Å²) in [7, 11) is 1.70. The van der Waals surface area contributed by atoms with Gasteiger partial charge in [0.15, 0.2) is 0 Å². The van der Waals surface area contributed by atoms with Crippen molar-refractivity contribution in [3.8, 4) is 6.07 Å². The number of halogens is 1. The molecule has 0 aliphatic carbocycles. The summed E-state index contributed by atoms with van der Waals surface area (Å²) < 4.78 is 6.22. The molecule has 0 spiro atoms. The van der Waals surface area contributed by atoms with Gasteiger partial charge in [-0.25, -0.2) is 0 Å². The van der Waals surface area contributed by atoms with Gasteiger partial charge in [-0.3, -0.25) is 4.90 Å². The highest BCUT2D eigenvalue weighted by Gasteiger charge is 2.08. The molecule has 1 aromatic rings. The summed E-state index contributed by atoms with van der Waals surface area (Å²) in [5.41, 5.74) is 0. The molecule has 0 atom stereocenters. The van der Waals surface area contributed by atoms with E-state index < -0.39 is 0 Å². The molecule has 0 saturated carbocycles. The fourth-order valence-electron chi connectivity index (χ4n) is 1.34. The molecule has 0 radical (unpaired) electrons. The van der Waals surface area contributed by atoms with E-state index in [1.54, 1.807) is 18.4 Å². The third-order valence-electron chi connectivity index (χ3n) is 2.21. The van der Waals surface area contributed by atoms with Gasteiger partial charge in [-0.15, -0.1) is 11.3 Å². The zero-order chi connectivity index (χ0) is 11.8. The average molecular weight is 303 g/mol. The minimum absolute atomic E-state index is 0.562. The van der Waals surface area contributed by atoms with Crippen molar-refractivity contribution in [3.63, 3.8) is 0 Å². The summed E-state index contributed by atoms with van der Waals surface area (Å²) in [5, 5.41) is 10.7. The maximum atomic E-state index is 8.61. The van der Waals surface area contributed by atoms with Crippen LogP contribution in [0.3, 0.4) is 0 Å². The van der Waals surface area contributed by atoms with Crippen LogP contribution >= 0.6 is 27.3 Å². The summed E-state index contributed by atoms with van der Waals surface area (Å²) in [4.78, 5) is 3.54. The van der Waals surface area contributed by atoms with Crippen molar-refractivity contribution >= 4 is 27.3 Å². The third-order valence-corrected chi connectivity index (χ3v) is 4.12. The van der Waals surface area contributed by atoms with Crippen molar-refractivity contribution < 1.29 is 4.74 Å². The van der Waals surface area contributed by atoms with Crippen molar-refractivity contribution in [2.75, 3.05) is 26.8 Å². The molecule has 0 amide bonds. The molecular weight excluding hydrogens is 288 g/mol. The van der Waals surface area contributed by atoms with E-state index in [4.69, 9.17) is 10.00 Å². The molecule has 16 heavy (non-hydrogen) atoms. The molecule has 0 aliphatic heterocycles. The zero-order valence-corrected chi connectivity index (χ0v) is 11.7. The predicted molar refractivity (Wildman–Crippen MR) is 69.4 cm³/mol. The van der Waals surface area contributed by atoms with E-state index in [9.17, 15) is 0 Å². The molecule has 3 nitrogen and oxygen atoms in total. The van der Waals surface area contributed by atoms with Gasteiger partial charge in [-0.05, 0) is 27.4 Å². The number of ether oxygens (including phenoxy) is 1. The first kappa shape index (κ1) is 13.7. The fraction of sp³-hybridized carbons (Fsp3) is 0.545. The van der Waals surface area contributed by atoms with Gasteiger partial charge in [-0.1, -0.05) is 0 Å². The zero-order valence-electron chi connectivity index (χ0n) is 9.28. The maximum Gasteiger partial charge on any atom is 0.0635 e. The van der Waals surface area contributed by atoms with Gasteiger partial charge in [0.2, 0.25) is 0 Å². The Kier molecular flexibility index (Phi) is 6.65. The van der Waals surface area contributed by atoms with E-state index in [2.05, 4.69) is 38.3 Å². The lowest BCUT2D eigenvalue weighted by Crippen LogP contribution is -2.27. The molecule has 0 bridgehead atoms. The highest BCUT2D eigenvalue weighted by Crippen LogP contribution is 2.24. The SMILES string of the molecule is COCCN(CCC#N)Cc1sccc1Br. The van der Waals surface area contributed by atoms with E-state index in [0.29, 0.717) is 13.0 Å². The molecule has 0 saturated heterocycles. The van der Waals surface area contributed by atoms with Crippen LogP contribution in [0.25, 0.3) is 0 Å². The van der Waals surface area contributed by atoms with Crippen molar-refractivity contribution in [1.29, 1.82) is 5.26 Å². The van der Waals surface area contributed by atoms with E-state index >= 15 is 0 Å². The monoisotopic (exact) mass is 302 g/mol. The lowest BCUT2D eigenvalue weighted by Gasteiger charge is -2.20. The van der Waals surface area contributed by atoms with Crippen LogP contribution in [0.1, 0.15) is 11.3 Å². The van der Waals surface area contributed by atoms with Gasteiger partial charge >= 0.3 is 0 Å². The van der Waals surface area contributed by atoms with E-state index in [1.807, 2.05) is 0 Å². The smallest absolute Gasteiger partial charge is 0.0635 e. The first-order chi connectivity index (χ1) is 7.77. The summed E-state index contributed by atoms with van der Waals surface area (Å²) in [5.74, 6) is 0. The summed E-state index contributed by atoms with van der Waals surface area (Å²) in [6.45, 7) is 3.24. The van der Waals surface area contributed by atoms with Gasteiger partial charge in [0, 0.05) is 42.5 Å². The molecule has 0 aromatic carbocycles. The second-order valence-corrected chi connectivity index (χ2v) is 5.22. The Morgan fingerprint density at radius 2 is 2.38 bits per heavy atom. The highest BCUT2D eigenvalue weighted by atomic mass is 79.9. The van der Waals surface area contributed by atoms with Crippen LogP contribution < -0.4 is 0 Å². The number of nitriles is 1. The Morgan fingerprint density at radius 1 is 1.56 bits per heavy atom. The van der Waals surface area contributed by atoms with E-state index in [0.717, 1.165) is 24.1 Å². The Balaban J connectivity index is 2.49. The molecule has 1 aromatic heterocycles. The predicted octanol–water partition coefficient (Wildman–Crippen LogP) is 2.87. The van der Waals surface area contributed by atoms with Crippen LogP contribution in [0.2, 0.25) is 0 Å². The van der Waals surface area contributed by atoms with Crippen molar-refractivity contribution in [3.05, 3.63) is 20.8 Å². The van der Waals surface area contributed by atoms with Gasteiger partial charge in [0.25, 0.3) is 0 Å². The molecular formula is C11H15BrN2OS. The fourth-order valence-corrected chi connectivity index (χ4v) is 2.86. The number of hydrogen-bond acceptors (Lipinski definition) is 4. The number of rotatable bonds is 7. The largest absolute Gasteiger partial charge is 0.383 e. The summed E-state index contributed by atoms with van der Waals surface area (Å²) in [6, 6.07) is 4.23. The van der Waals surface area contributed by atoms with Gasteiger partial charge in [0.05, 0.1) is 12.7 Å². The van der Waals surface area contributed by atoms with Gasteiger partial charge in [0.1, 0.15) is 0 Å². The first-order valence-corrected chi connectivity index (χ1v) is 6.75. The van der Waals surface area contributed by atoms with E-state index in [-0.39, 0.29) is 0 Å². The van der Waals surface area contributed by atoms with Crippen molar-refractivity contribution in [2.24, 2.45) is 0 Å². The molecule has 5 heteroatoms. The second-order valence-electron chi connectivity index (χ2n) is 3.37. The van der Waals surface area contributed by atoms with Crippen LogP contribution in [-0.2, 0) is 11.3 Å². The standard InChI is InChI=1S/C11H15BrN2OS/c1-15-7-6-14(5-2-4-13)9-11-10(12)3-8-16-11/h3,8H,2,5-7,9H2,1H3. The third kappa shape index (κ3) is 4.62. The molecule has 0 aliphatic rings. The minimum atomic E-state index is 0.562. The first-order valence-electron chi connectivity index (χ1n) is 5.08. The molecule has 0 unspecified atom stereocenters. The second kappa shape index (κ2) is 7.80. The maximum absolute atomic E-state index is 8.61. The van der Waals surface area contributed by atoms with Crippen molar-refractivity contribution in [1.82, 2.24) is 4.90 Å². The Labute approximate surface area is 109 Å². The van der Waals surface area contributed by atoms with Gasteiger partial charge < -0.3 is 4.74 Å². The number of thiophene rings is 1. The van der Waals surface area contributed by atoms with Crippen LogP contribution in [0.15, 0.2) is 15.9 Å². The normalized spacial score (nSPS) is 10.6. The number of hydrogen-bond donors (Lipinski definition) is 0. The summed E-state index contributed by atoms with van der Waals surface area (Å²) in [6.07, 6.45) is 0.562. The lowest BCUT2D eigenvalue weighted by molar-refractivity contribution is 0.146.